The number of carboxylic acid groups (broad SMARTS) is 1. The van der Waals surface area contributed by atoms with E-state index in [1.807, 2.05) is 0 Å². The van der Waals surface area contributed by atoms with E-state index in [2.05, 4.69) is 12.2 Å². The number of carboxylic acids is 1. The largest absolute Gasteiger partial charge is 0.478 e. The average Bonchev–Trinajstić information content (AvgIpc) is 2.64. The molecule has 1 aromatic carbocycles. The molecule has 0 bridgehead atoms. The molecule has 0 atom stereocenters. The third-order valence-corrected chi connectivity index (χ3v) is 4.85. The molecular formula is C20H29NO4. The standard InChI is InChI=1S/C20H29NO4/c1-2-14-25-20(12-6-3-7-13-20)15-21-18(22)11-10-16-8-4-5-9-17(16)19(23)24/h4-5,8-9H,2-3,6-7,10-15H2,1H3,(H,21,22)(H,23,24). The minimum Gasteiger partial charge on any atom is -0.478 e. The first-order valence-corrected chi connectivity index (χ1v) is 9.28. The molecule has 0 heterocycles. The molecule has 25 heavy (non-hydrogen) atoms. The van der Waals surface area contributed by atoms with E-state index < -0.39 is 5.97 Å². The van der Waals surface area contributed by atoms with Crippen LogP contribution in [0.4, 0.5) is 0 Å². The van der Waals surface area contributed by atoms with Gasteiger partial charge in [-0.3, -0.25) is 4.79 Å². The third kappa shape index (κ3) is 5.85. The fourth-order valence-electron chi connectivity index (χ4n) is 3.43. The molecule has 5 nitrogen and oxygen atoms in total. The second-order valence-corrected chi connectivity index (χ2v) is 6.83. The Morgan fingerprint density at radius 3 is 2.60 bits per heavy atom. The molecule has 1 amide bonds. The maximum atomic E-state index is 12.2. The summed E-state index contributed by atoms with van der Waals surface area (Å²) in [6.07, 6.45) is 7.20. The number of aryl methyl sites for hydroxylation is 1. The summed E-state index contributed by atoms with van der Waals surface area (Å²) in [5.74, 6) is -1.00. The van der Waals surface area contributed by atoms with Crippen LogP contribution in [0.2, 0.25) is 0 Å². The van der Waals surface area contributed by atoms with Crippen LogP contribution in [0.15, 0.2) is 24.3 Å². The van der Waals surface area contributed by atoms with Crippen molar-refractivity contribution in [2.75, 3.05) is 13.2 Å². The van der Waals surface area contributed by atoms with Gasteiger partial charge in [-0.25, -0.2) is 4.79 Å². The highest BCUT2D eigenvalue weighted by Gasteiger charge is 2.33. The van der Waals surface area contributed by atoms with E-state index in [0.29, 0.717) is 18.5 Å². The van der Waals surface area contributed by atoms with Crippen LogP contribution in [0.5, 0.6) is 0 Å². The molecule has 1 aliphatic carbocycles. The lowest BCUT2D eigenvalue weighted by Crippen LogP contribution is -2.46. The van der Waals surface area contributed by atoms with Gasteiger partial charge in [-0.05, 0) is 37.3 Å². The SMILES string of the molecule is CCCOC1(CNC(=O)CCc2ccccc2C(=O)O)CCCCC1. The van der Waals surface area contributed by atoms with Crippen molar-refractivity contribution in [3.63, 3.8) is 0 Å². The van der Waals surface area contributed by atoms with Crippen LogP contribution in [0.25, 0.3) is 0 Å². The van der Waals surface area contributed by atoms with Gasteiger partial charge in [-0.2, -0.15) is 0 Å². The van der Waals surface area contributed by atoms with Crippen LogP contribution in [0.3, 0.4) is 0 Å². The predicted octanol–water partition coefficient (Wildman–Crippen LogP) is 3.56. The minimum absolute atomic E-state index is 0.0507. The number of amides is 1. The summed E-state index contributed by atoms with van der Waals surface area (Å²) < 4.78 is 6.09. The maximum Gasteiger partial charge on any atom is 0.335 e. The summed E-state index contributed by atoms with van der Waals surface area (Å²) in [6, 6.07) is 6.84. The summed E-state index contributed by atoms with van der Waals surface area (Å²) in [5, 5.41) is 12.2. The van der Waals surface area contributed by atoms with E-state index >= 15 is 0 Å². The van der Waals surface area contributed by atoms with Crippen molar-refractivity contribution in [3.8, 4) is 0 Å². The van der Waals surface area contributed by atoms with Crippen LogP contribution in [0, 0.1) is 0 Å². The number of aromatic carboxylic acids is 1. The molecular weight excluding hydrogens is 318 g/mol. The Hall–Kier alpha value is -1.88. The summed E-state index contributed by atoms with van der Waals surface area (Å²) >= 11 is 0. The van der Waals surface area contributed by atoms with Gasteiger partial charge in [0.25, 0.3) is 0 Å². The summed E-state index contributed by atoms with van der Waals surface area (Å²) in [5.41, 5.74) is 0.744. The zero-order valence-corrected chi connectivity index (χ0v) is 15.1. The Bertz CT molecular complexity index is 579. The Balaban J connectivity index is 1.86. The van der Waals surface area contributed by atoms with Crippen molar-refractivity contribution in [2.45, 2.75) is 63.9 Å². The Morgan fingerprint density at radius 2 is 1.92 bits per heavy atom. The molecule has 1 fully saturated rings. The number of nitrogens with one attached hydrogen (secondary N) is 1. The number of benzene rings is 1. The number of carbonyl (C=O) groups excluding carboxylic acids is 1. The summed E-state index contributed by atoms with van der Waals surface area (Å²) in [7, 11) is 0. The van der Waals surface area contributed by atoms with Gasteiger partial charge in [0.15, 0.2) is 0 Å². The lowest BCUT2D eigenvalue weighted by atomic mass is 9.84. The van der Waals surface area contributed by atoms with Crippen molar-refractivity contribution in [1.82, 2.24) is 5.32 Å². The van der Waals surface area contributed by atoms with Gasteiger partial charge in [-0.1, -0.05) is 44.4 Å². The molecule has 0 spiro atoms. The first-order valence-electron chi connectivity index (χ1n) is 9.28. The Labute approximate surface area is 149 Å². The summed E-state index contributed by atoms with van der Waals surface area (Å²) in [6.45, 7) is 3.36. The van der Waals surface area contributed by atoms with Gasteiger partial charge in [-0.15, -0.1) is 0 Å². The molecule has 0 radical (unpaired) electrons. The predicted molar refractivity (Wildman–Crippen MR) is 96.8 cm³/mol. The van der Waals surface area contributed by atoms with Gasteiger partial charge >= 0.3 is 5.97 Å². The molecule has 0 aliphatic heterocycles. The maximum absolute atomic E-state index is 12.2. The van der Waals surface area contributed by atoms with Gasteiger partial charge < -0.3 is 15.2 Å². The zero-order chi connectivity index (χ0) is 18.1. The molecule has 1 aromatic rings. The highest BCUT2D eigenvalue weighted by Crippen LogP contribution is 2.31. The van der Waals surface area contributed by atoms with E-state index in [0.717, 1.165) is 38.7 Å². The molecule has 1 aliphatic rings. The molecule has 0 unspecified atom stereocenters. The van der Waals surface area contributed by atoms with Gasteiger partial charge in [0.1, 0.15) is 0 Å². The average molecular weight is 347 g/mol. The lowest BCUT2D eigenvalue weighted by molar-refractivity contribution is -0.124. The van der Waals surface area contributed by atoms with Crippen molar-refractivity contribution in [2.24, 2.45) is 0 Å². The fourth-order valence-corrected chi connectivity index (χ4v) is 3.43. The molecule has 1 saturated carbocycles. The molecule has 2 rings (SSSR count). The first kappa shape index (κ1) is 19.4. The van der Waals surface area contributed by atoms with Crippen LogP contribution in [-0.4, -0.2) is 35.7 Å². The van der Waals surface area contributed by atoms with Crippen molar-refractivity contribution < 1.29 is 19.4 Å². The molecule has 5 heteroatoms. The highest BCUT2D eigenvalue weighted by atomic mass is 16.5. The molecule has 0 aromatic heterocycles. The van der Waals surface area contributed by atoms with Crippen LogP contribution < -0.4 is 5.32 Å². The van der Waals surface area contributed by atoms with Crippen LogP contribution in [0.1, 0.15) is 67.8 Å². The van der Waals surface area contributed by atoms with E-state index in [1.165, 1.54) is 6.42 Å². The minimum atomic E-state index is -0.954. The highest BCUT2D eigenvalue weighted by molar-refractivity contribution is 5.89. The normalized spacial score (nSPS) is 16.4. The lowest BCUT2D eigenvalue weighted by Gasteiger charge is -2.37. The number of rotatable bonds is 9. The molecule has 2 N–H and O–H groups in total. The monoisotopic (exact) mass is 347 g/mol. The molecule has 138 valence electrons. The first-order chi connectivity index (χ1) is 12.1. The van der Waals surface area contributed by atoms with E-state index in [1.54, 1.807) is 24.3 Å². The van der Waals surface area contributed by atoms with Crippen molar-refractivity contribution in [3.05, 3.63) is 35.4 Å². The van der Waals surface area contributed by atoms with Crippen molar-refractivity contribution >= 4 is 11.9 Å². The number of hydrogen-bond acceptors (Lipinski definition) is 3. The quantitative estimate of drug-likeness (QED) is 0.716. The second-order valence-electron chi connectivity index (χ2n) is 6.83. The Kier molecular flexibility index (Phi) is 7.44. The second kappa shape index (κ2) is 9.56. The van der Waals surface area contributed by atoms with Crippen LogP contribution >= 0.6 is 0 Å². The third-order valence-electron chi connectivity index (χ3n) is 4.85. The number of carbonyl (C=O) groups is 2. The van der Waals surface area contributed by atoms with Gasteiger partial charge in [0.2, 0.25) is 5.91 Å². The van der Waals surface area contributed by atoms with E-state index in [4.69, 9.17) is 4.74 Å². The van der Waals surface area contributed by atoms with Gasteiger partial charge in [0, 0.05) is 19.6 Å². The van der Waals surface area contributed by atoms with Crippen molar-refractivity contribution in [1.29, 1.82) is 0 Å². The fraction of sp³-hybridized carbons (Fsp3) is 0.600. The Morgan fingerprint density at radius 1 is 1.20 bits per heavy atom. The summed E-state index contributed by atoms with van der Waals surface area (Å²) in [4.78, 5) is 23.5. The number of hydrogen-bond donors (Lipinski definition) is 2. The van der Waals surface area contributed by atoms with Crippen LogP contribution in [-0.2, 0) is 16.0 Å². The van der Waals surface area contributed by atoms with E-state index in [-0.39, 0.29) is 23.5 Å². The van der Waals surface area contributed by atoms with E-state index in [9.17, 15) is 14.7 Å². The molecule has 0 saturated heterocycles. The smallest absolute Gasteiger partial charge is 0.335 e. The topological polar surface area (TPSA) is 75.6 Å². The number of ether oxygens (including phenoxy) is 1. The zero-order valence-electron chi connectivity index (χ0n) is 15.1. The van der Waals surface area contributed by atoms with Gasteiger partial charge in [0.05, 0.1) is 11.2 Å².